The third-order valence-corrected chi connectivity index (χ3v) is 13.0. The van der Waals surface area contributed by atoms with Gasteiger partial charge in [0.05, 0.1) is 0 Å². The number of esters is 3. The van der Waals surface area contributed by atoms with Crippen LogP contribution in [0.2, 0.25) is 0 Å². The number of hydrogen-bond acceptors (Lipinski definition) is 6. The van der Waals surface area contributed by atoms with Gasteiger partial charge >= 0.3 is 17.9 Å². The maximum absolute atomic E-state index is 12.8. The zero-order valence-electron chi connectivity index (χ0n) is 43.0. The van der Waals surface area contributed by atoms with Gasteiger partial charge in [-0.15, -0.1) is 0 Å². The van der Waals surface area contributed by atoms with Gasteiger partial charge in [-0.05, 0) is 25.2 Å². The SMILES string of the molecule is CCCCCCCCCCCCCCCCCCCCC(=O)OC[C@@H](COC(=O)CCCCCCCCCCCCCCCCC(C)C)OC(=O)CCCCCCCCCCCC. The van der Waals surface area contributed by atoms with E-state index in [-0.39, 0.29) is 31.1 Å². The summed E-state index contributed by atoms with van der Waals surface area (Å²) in [5.74, 6) is 0.00572. The van der Waals surface area contributed by atoms with E-state index in [1.807, 2.05) is 0 Å². The molecule has 0 rings (SSSR count). The van der Waals surface area contributed by atoms with Crippen molar-refractivity contribution < 1.29 is 28.6 Å². The summed E-state index contributed by atoms with van der Waals surface area (Å²) in [5, 5.41) is 0. The van der Waals surface area contributed by atoms with Crippen molar-refractivity contribution in [1.82, 2.24) is 0 Å². The second-order valence-electron chi connectivity index (χ2n) is 20.1. The molecule has 0 saturated heterocycles. The van der Waals surface area contributed by atoms with E-state index in [4.69, 9.17) is 14.2 Å². The number of carbonyl (C=O) groups excluding carboxylic acids is 3. The summed E-state index contributed by atoms with van der Waals surface area (Å²) in [6, 6.07) is 0. The van der Waals surface area contributed by atoms with Gasteiger partial charge in [-0.3, -0.25) is 14.4 Å². The van der Waals surface area contributed by atoms with Gasteiger partial charge in [0, 0.05) is 19.3 Å². The molecule has 0 aliphatic rings. The molecule has 0 fully saturated rings. The quantitative estimate of drug-likeness (QED) is 0.0344. The molecule has 0 aromatic rings. The largest absolute Gasteiger partial charge is 0.462 e. The van der Waals surface area contributed by atoms with Crippen molar-refractivity contribution in [1.29, 1.82) is 0 Å². The van der Waals surface area contributed by atoms with Crippen molar-refractivity contribution in [2.45, 2.75) is 329 Å². The van der Waals surface area contributed by atoms with Crippen LogP contribution in [0.15, 0.2) is 0 Å². The monoisotopic (exact) mass is 891 g/mol. The molecule has 0 aliphatic heterocycles. The van der Waals surface area contributed by atoms with Crippen LogP contribution in [-0.4, -0.2) is 37.2 Å². The van der Waals surface area contributed by atoms with Crippen molar-refractivity contribution in [2.24, 2.45) is 5.92 Å². The Hall–Kier alpha value is -1.59. The highest BCUT2D eigenvalue weighted by Gasteiger charge is 2.19. The molecule has 0 amide bonds. The summed E-state index contributed by atoms with van der Waals surface area (Å²) in [4.78, 5) is 38.0. The van der Waals surface area contributed by atoms with Crippen molar-refractivity contribution in [3.8, 4) is 0 Å². The van der Waals surface area contributed by atoms with Crippen LogP contribution in [0.4, 0.5) is 0 Å². The Morgan fingerprint density at radius 2 is 0.524 bits per heavy atom. The third kappa shape index (κ3) is 51.3. The minimum Gasteiger partial charge on any atom is -0.462 e. The minimum absolute atomic E-state index is 0.0621. The molecule has 63 heavy (non-hydrogen) atoms. The van der Waals surface area contributed by atoms with Crippen LogP contribution in [0, 0.1) is 5.92 Å². The van der Waals surface area contributed by atoms with E-state index in [0.29, 0.717) is 19.3 Å². The second-order valence-corrected chi connectivity index (χ2v) is 20.1. The van der Waals surface area contributed by atoms with E-state index in [0.717, 1.165) is 63.7 Å². The van der Waals surface area contributed by atoms with Gasteiger partial charge in [0.1, 0.15) is 13.2 Å². The smallest absolute Gasteiger partial charge is 0.306 e. The van der Waals surface area contributed by atoms with Gasteiger partial charge < -0.3 is 14.2 Å². The first-order chi connectivity index (χ1) is 30.9. The van der Waals surface area contributed by atoms with Gasteiger partial charge in [-0.1, -0.05) is 285 Å². The molecule has 0 unspecified atom stereocenters. The Balaban J connectivity index is 4.21. The molecule has 0 aromatic heterocycles. The van der Waals surface area contributed by atoms with E-state index < -0.39 is 6.10 Å². The second kappa shape index (κ2) is 51.4. The minimum atomic E-state index is -0.761. The fraction of sp³-hybridized carbons (Fsp3) is 0.947. The molecule has 0 bridgehead atoms. The summed E-state index contributed by atoms with van der Waals surface area (Å²) >= 11 is 0. The van der Waals surface area contributed by atoms with Gasteiger partial charge in [-0.25, -0.2) is 0 Å². The lowest BCUT2D eigenvalue weighted by molar-refractivity contribution is -0.167. The molecule has 0 N–H and O–H groups in total. The maximum atomic E-state index is 12.8. The molecular weight excluding hydrogens is 781 g/mol. The van der Waals surface area contributed by atoms with Crippen LogP contribution in [0.1, 0.15) is 323 Å². The van der Waals surface area contributed by atoms with Crippen LogP contribution in [-0.2, 0) is 28.6 Å². The van der Waals surface area contributed by atoms with Crippen LogP contribution in [0.25, 0.3) is 0 Å². The number of hydrogen-bond donors (Lipinski definition) is 0. The Morgan fingerprint density at radius 3 is 0.778 bits per heavy atom. The zero-order chi connectivity index (χ0) is 45.9. The predicted octanol–water partition coefficient (Wildman–Crippen LogP) is 18.6. The lowest BCUT2D eigenvalue weighted by Crippen LogP contribution is -2.30. The van der Waals surface area contributed by atoms with Crippen LogP contribution in [0.3, 0.4) is 0 Å². The molecule has 0 spiro atoms. The highest BCUT2D eigenvalue weighted by Crippen LogP contribution is 2.18. The summed E-state index contributed by atoms with van der Waals surface area (Å²) in [6.45, 7) is 9.05. The van der Waals surface area contributed by atoms with Gasteiger partial charge in [0.2, 0.25) is 0 Å². The molecule has 6 nitrogen and oxygen atoms in total. The number of rotatable bonds is 52. The number of unbranched alkanes of at least 4 members (excludes halogenated alkanes) is 39. The summed E-state index contributed by atoms with van der Waals surface area (Å²) in [6.07, 6.45) is 55.2. The van der Waals surface area contributed by atoms with Gasteiger partial charge in [0.15, 0.2) is 6.10 Å². The zero-order valence-corrected chi connectivity index (χ0v) is 43.0. The van der Waals surface area contributed by atoms with E-state index in [1.165, 1.54) is 218 Å². The van der Waals surface area contributed by atoms with E-state index >= 15 is 0 Å². The number of carbonyl (C=O) groups is 3. The standard InChI is InChI=1S/C57H110O6/c1-5-7-9-11-13-15-17-18-19-20-21-22-26-29-33-36-40-44-48-55(58)61-51-54(63-57(60)50-46-42-38-32-16-14-12-10-8-6-2)52-62-56(59)49-45-41-37-34-30-27-24-23-25-28-31-35-39-43-47-53(3)4/h53-54H,5-52H2,1-4H3/t54-/m0/s1. The Bertz CT molecular complexity index is 949. The fourth-order valence-electron chi connectivity index (χ4n) is 8.75. The Kier molecular flexibility index (Phi) is 50.1. The van der Waals surface area contributed by atoms with Crippen molar-refractivity contribution in [2.75, 3.05) is 13.2 Å². The lowest BCUT2D eigenvalue weighted by Gasteiger charge is -2.18. The van der Waals surface area contributed by atoms with Crippen LogP contribution >= 0.6 is 0 Å². The van der Waals surface area contributed by atoms with Gasteiger partial charge in [0.25, 0.3) is 0 Å². The molecule has 0 heterocycles. The highest BCUT2D eigenvalue weighted by molar-refractivity contribution is 5.71. The van der Waals surface area contributed by atoms with E-state index in [2.05, 4.69) is 27.7 Å². The Labute approximate surface area is 393 Å². The third-order valence-electron chi connectivity index (χ3n) is 13.0. The fourth-order valence-corrected chi connectivity index (χ4v) is 8.75. The highest BCUT2D eigenvalue weighted by atomic mass is 16.6. The Morgan fingerprint density at radius 1 is 0.302 bits per heavy atom. The maximum Gasteiger partial charge on any atom is 0.306 e. The molecule has 1 atom stereocenters. The molecule has 0 saturated carbocycles. The van der Waals surface area contributed by atoms with Crippen molar-refractivity contribution >= 4 is 17.9 Å². The molecule has 0 aromatic carbocycles. The summed E-state index contributed by atoms with van der Waals surface area (Å²) < 4.78 is 16.8. The summed E-state index contributed by atoms with van der Waals surface area (Å²) in [5.41, 5.74) is 0. The number of ether oxygens (including phenoxy) is 3. The molecule has 0 radical (unpaired) electrons. The lowest BCUT2D eigenvalue weighted by atomic mass is 10.0. The molecule has 374 valence electrons. The summed E-state index contributed by atoms with van der Waals surface area (Å²) in [7, 11) is 0. The van der Waals surface area contributed by atoms with E-state index in [9.17, 15) is 14.4 Å². The average Bonchev–Trinajstić information content (AvgIpc) is 3.27. The van der Waals surface area contributed by atoms with Gasteiger partial charge in [-0.2, -0.15) is 0 Å². The molecule has 6 heteroatoms. The van der Waals surface area contributed by atoms with Crippen molar-refractivity contribution in [3.63, 3.8) is 0 Å². The first-order valence-corrected chi connectivity index (χ1v) is 28.4. The first kappa shape index (κ1) is 61.4. The topological polar surface area (TPSA) is 78.9 Å². The normalized spacial score (nSPS) is 12.0. The average molecular weight is 892 g/mol. The molecule has 0 aliphatic carbocycles. The van der Waals surface area contributed by atoms with Crippen LogP contribution in [0.5, 0.6) is 0 Å². The molecular formula is C57H110O6. The predicted molar refractivity (Wildman–Crippen MR) is 270 cm³/mol. The van der Waals surface area contributed by atoms with Crippen molar-refractivity contribution in [3.05, 3.63) is 0 Å². The first-order valence-electron chi connectivity index (χ1n) is 28.4. The van der Waals surface area contributed by atoms with Crippen LogP contribution < -0.4 is 0 Å². The van der Waals surface area contributed by atoms with E-state index in [1.54, 1.807) is 0 Å².